The SMILES string of the molecule is O=C1CCCCC1Sc1nnc(NC2CCCCC2)s1. The highest BCUT2D eigenvalue weighted by Crippen LogP contribution is 2.35. The number of carbonyl (C=O) groups is 1. The van der Waals surface area contributed by atoms with Crippen LogP contribution in [-0.4, -0.2) is 27.3 Å². The summed E-state index contributed by atoms with van der Waals surface area (Å²) in [6, 6.07) is 0.561. The molecule has 2 saturated carbocycles. The maximum atomic E-state index is 11.8. The number of anilines is 1. The van der Waals surface area contributed by atoms with Gasteiger partial charge in [0.05, 0.1) is 5.25 Å². The number of ketones is 1. The van der Waals surface area contributed by atoms with Gasteiger partial charge in [-0.25, -0.2) is 0 Å². The van der Waals surface area contributed by atoms with E-state index < -0.39 is 0 Å². The fourth-order valence-corrected chi connectivity index (χ4v) is 5.13. The number of rotatable bonds is 4. The molecule has 1 atom stereocenters. The zero-order chi connectivity index (χ0) is 13.8. The molecule has 1 heterocycles. The average Bonchev–Trinajstić information content (AvgIpc) is 2.90. The molecule has 2 aliphatic carbocycles. The van der Waals surface area contributed by atoms with Gasteiger partial charge in [0, 0.05) is 12.5 Å². The molecular weight excluding hydrogens is 290 g/mol. The summed E-state index contributed by atoms with van der Waals surface area (Å²) in [6.07, 6.45) is 10.4. The number of thioether (sulfide) groups is 1. The second kappa shape index (κ2) is 6.89. The van der Waals surface area contributed by atoms with E-state index >= 15 is 0 Å². The lowest BCUT2D eigenvalue weighted by Gasteiger charge is -2.21. The molecule has 20 heavy (non-hydrogen) atoms. The van der Waals surface area contributed by atoms with Gasteiger partial charge in [0.25, 0.3) is 0 Å². The minimum atomic E-state index is 0.110. The van der Waals surface area contributed by atoms with E-state index in [4.69, 9.17) is 0 Å². The summed E-state index contributed by atoms with van der Waals surface area (Å²) < 4.78 is 0.934. The topological polar surface area (TPSA) is 54.9 Å². The van der Waals surface area contributed by atoms with E-state index in [1.807, 2.05) is 0 Å². The summed E-state index contributed by atoms with van der Waals surface area (Å²) in [7, 11) is 0. The van der Waals surface area contributed by atoms with Crippen molar-refractivity contribution in [2.75, 3.05) is 5.32 Å². The molecule has 2 aliphatic rings. The quantitative estimate of drug-likeness (QED) is 0.914. The van der Waals surface area contributed by atoms with Crippen molar-refractivity contribution in [2.45, 2.75) is 73.4 Å². The molecule has 0 bridgehead atoms. The maximum absolute atomic E-state index is 11.8. The Balaban J connectivity index is 1.54. The van der Waals surface area contributed by atoms with Crippen molar-refractivity contribution < 1.29 is 4.79 Å². The number of nitrogens with zero attached hydrogens (tertiary/aromatic N) is 2. The Labute approximate surface area is 128 Å². The van der Waals surface area contributed by atoms with Gasteiger partial charge in [0.1, 0.15) is 5.78 Å². The van der Waals surface area contributed by atoms with E-state index in [2.05, 4.69) is 15.5 Å². The van der Waals surface area contributed by atoms with Crippen molar-refractivity contribution >= 4 is 34.0 Å². The van der Waals surface area contributed by atoms with Gasteiger partial charge in [-0.05, 0) is 25.7 Å². The summed E-state index contributed by atoms with van der Waals surface area (Å²) >= 11 is 3.21. The lowest BCUT2D eigenvalue weighted by Crippen LogP contribution is -2.22. The van der Waals surface area contributed by atoms with Crippen molar-refractivity contribution in [3.8, 4) is 0 Å². The largest absolute Gasteiger partial charge is 0.357 e. The van der Waals surface area contributed by atoms with Crippen LogP contribution < -0.4 is 5.32 Å². The first-order valence-corrected chi connectivity index (χ1v) is 9.30. The van der Waals surface area contributed by atoms with Crippen LogP contribution in [0.15, 0.2) is 4.34 Å². The molecule has 0 saturated heterocycles. The minimum Gasteiger partial charge on any atom is -0.357 e. The second-order valence-electron chi connectivity index (χ2n) is 5.67. The van der Waals surface area contributed by atoms with Crippen molar-refractivity contribution in [3.05, 3.63) is 0 Å². The molecule has 1 unspecified atom stereocenters. The Hall–Kier alpha value is -0.620. The van der Waals surface area contributed by atoms with Crippen LogP contribution in [0, 0.1) is 0 Å². The second-order valence-corrected chi connectivity index (χ2v) is 8.10. The van der Waals surface area contributed by atoms with Gasteiger partial charge in [0.2, 0.25) is 5.13 Å². The Morgan fingerprint density at radius 1 is 1.05 bits per heavy atom. The molecule has 2 fully saturated rings. The molecule has 0 radical (unpaired) electrons. The highest BCUT2D eigenvalue weighted by molar-refractivity contribution is 8.02. The summed E-state index contributed by atoms with van der Waals surface area (Å²) in [4.78, 5) is 11.8. The van der Waals surface area contributed by atoms with Crippen LogP contribution in [-0.2, 0) is 4.79 Å². The smallest absolute Gasteiger partial charge is 0.206 e. The molecule has 0 amide bonds. The third-order valence-electron chi connectivity index (χ3n) is 4.08. The van der Waals surface area contributed by atoms with Crippen LogP contribution >= 0.6 is 23.1 Å². The molecule has 0 aliphatic heterocycles. The molecule has 1 N–H and O–H groups in total. The van der Waals surface area contributed by atoms with Crippen molar-refractivity contribution in [2.24, 2.45) is 0 Å². The third kappa shape index (κ3) is 3.73. The normalized spacial score (nSPS) is 24.8. The summed E-state index contributed by atoms with van der Waals surface area (Å²) in [5.41, 5.74) is 0. The summed E-state index contributed by atoms with van der Waals surface area (Å²) in [5, 5.41) is 13.0. The zero-order valence-corrected chi connectivity index (χ0v) is 13.3. The maximum Gasteiger partial charge on any atom is 0.206 e. The molecule has 0 spiro atoms. The number of hydrogen-bond acceptors (Lipinski definition) is 6. The Morgan fingerprint density at radius 2 is 1.85 bits per heavy atom. The van der Waals surface area contributed by atoms with Crippen LogP contribution in [0.3, 0.4) is 0 Å². The molecule has 1 aromatic rings. The Kier molecular flexibility index (Phi) is 4.94. The lowest BCUT2D eigenvalue weighted by molar-refractivity contribution is -0.119. The van der Waals surface area contributed by atoms with Crippen molar-refractivity contribution in [1.29, 1.82) is 0 Å². The molecule has 0 aromatic carbocycles. The lowest BCUT2D eigenvalue weighted by atomic mass is 9.96. The van der Waals surface area contributed by atoms with E-state index in [1.165, 1.54) is 32.1 Å². The predicted molar refractivity (Wildman–Crippen MR) is 83.5 cm³/mol. The highest BCUT2D eigenvalue weighted by Gasteiger charge is 2.25. The van der Waals surface area contributed by atoms with Crippen molar-refractivity contribution in [3.63, 3.8) is 0 Å². The van der Waals surface area contributed by atoms with Crippen LogP contribution in [0.4, 0.5) is 5.13 Å². The van der Waals surface area contributed by atoms with Gasteiger partial charge in [-0.2, -0.15) is 0 Å². The number of hydrogen-bond donors (Lipinski definition) is 1. The van der Waals surface area contributed by atoms with Crippen LogP contribution in [0.2, 0.25) is 0 Å². The molecule has 110 valence electrons. The first kappa shape index (κ1) is 14.3. The molecular formula is C14H21N3OS2. The third-order valence-corrected chi connectivity index (χ3v) is 6.34. The molecule has 4 nitrogen and oxygen atoms in total. The first-order valence-electron chi connectivity index (χ1n) is 7.61. The van der Waals surface area contributed by atoms with Gasteiger partial charge in [0.15, 0.2) is 4.34 Å². The Morgan fingerprint density at radius 3 is 2.65 bits per heavy atom. The van der Waals surface area contributed by atoms with Gasteiger partial charge >= 0.3 is 0 Å². The zero-order valence-electron chi connectivity index (χ0n) is 11.6. The van der Waals surface area contributed by atoms with E-state index in [1.54, 1.807) is 23.1 Å². The number of nitrogens with one attached hydrogen (secondary N) is 1. The fraction of sp³-hybridized carbons (Fsp3) is 0.786. The summed E-state index contributed by atoms with van der Waals surface area (Å²) in [6.45, 7) is 0. The predicted octanol–water partition coefficient (Wildman–Crippen LogP) is 3.89. The molecule has 1 aromatic heterocycles. The van der Waals surface area contributed by atoms with Gasteiger partial charge in [-0.15, -0.1) is 10.2 Å². The number of aromatic nitrogens is 2. The minimum absolute atomic E-state index is 0.110. The van der Waals surface area contributed by atoms with Crippen LogP contribution in [0.1, 0.15) is 57.8 Å². The average molecular weight is 311 g/mol. The van der Waals surface area contributed by atoms with Crippen LogP contribution in [0.25, 0.3) is 0 Å². The van der Waals surface area contributed by atoms with Gasteiger partial charge in [-0.3, -0.25) is 4.79 Å². The Bertz CT molecular complexity index is 457. The molecule has 3 rings (SSSR count). The standard InChI is InChI=1S/C14H21N3OS2/c18-11-8-4-5-9-12(11)19-14-17-16-13(20-14)15-10-6-2-1-3-7-10/h10,12H,1-9H2,(H,15,16). The van der Waals surface area contributed by atoms with Gasteiger partial charge in [-0.1, -0.05) is 48.8 Å². The fourth-order valence-electron chi connectivity index (χ4n) is 2.93. The van der Waals surface area contributed by atoms with E-state index in [0.717, 1.165) is 35.2 Å². The number of Topliss-reactive ketones (excluding diaryl/α,β-unsaturated/α-hetero) is 1. The first-order chi connectivity index (χ1) is 9.81. The highest BCUT2D eigenvalue weighted by atomic mass is 32.2. The van der Waals surface area contributed by atoms with Crippen molar-refractivity contribution in [1.82, 2.24) is 10.2 Å². The van der Waals surface area contributed by atoms with Crippen LogP contribution in [0.5, 0.6) is 0 Å². The number of carbonyl (C=O) groups excluding carboxylic acids is 1. The van der Waals surface area contributed by atoms with E-state index in [9.17, 15) is 4.79 Å². The van der Waals surface area contributed by atoms with Gasteiger partial charge < -0.3 is 5.32 Å². The monoisotopic (exact) mass is 311 g/mol. The van der Waals surface area contributed by atoms with E-state index in [0.29, 0.717) is 11.8 Å². The molecule has 6 heteroatoms. The van der Waals surface area contributed by atoms with E-state index in [-0.39, 0.29) is 5.25 Å². The summed E-state index contributed by atoms with van der Waals surface area (Å²) in [5.74, 6) is 0.387.